The van der Waals surface area contributed by atoms with E-state index in [0.29, 0.717) is 11.6 Å². The van der Waals surface area contributed by atoms with Crippen LogP contribution in [0.15, 0.2) is 48.5 Å². The molecule has 4 rings (SSSR count). The van der Waals surface area contributed by atoms with Crippen molar-refractivity contribution in [3.63, 3.8) is 0 Å². The van der Waals surface area contributed by atoms with Crippen LogP contribution in [0.1, 0.15) is 31.5 Å². The number of carbonyl (C=O) groups excluding carboxylic acids is 1. The van der Waals surface area contributed by atoms with Gasteiger partial charge in [-0.3, -0.25) is 9.69 Å². The highest BCUT2D eigenvalue weighted by Crippen LogP contribution is 2.24. The summed E-state index contributed by atoms with van der Waals surface area (Å²) in [5.74, 6) is 1.58. The molecule has 0 unspecified atom stereocenters. The van der Waals surface area contributed by atoms with E-state index in [1.807, 2.05) is 36.4 Å². The van der Waals surface area contributed by atoms with Gasteiger partial charge >= 0.3 is 0 Å². The number of benzene rings is 2. The number of hydrogen-bond donors (Lipinski definition) is 1. The van der Waals surface area contributed by atoms with Crippen LogP contribution in [0.25, 0.3) is 0 Å². The first-order chi connectivity index (χ1) is 15.1. The Bertz CT molecular complexity index is 1010. The summed E-state index contributed by atoms with van der Waals surface area (Å²) in [6, 6.07) is 15.9. The van der Waals surface area contributed by atoms with E-state index in [1.165, 1.54) is 21.8 Å². The van der Waals surface area contributed by atoms with Crippen molar-refractivity contribution in [1.29, 1.82) is 0 Å². The summed E-state index contributed by atoms with van der Waals surface area (Å²) in [4.78, 5) is 20.9. The summed E-state index contributed by atoms with van der Waals surface area (Å²) in [5.41, 5.74) is 3.34. The molecule has 1 aliphatic heterocycles. The van der Waals surface area contributed by atoms with Crippen molar-refractivity contribution in [1.82, 2.24) is 15.2 Å². The number of thiazole rings is 1. The number of methoxy groups -OCH3 is 2. The van der Waals surface area contributed by atoms with Crippen molar-refractivity contribution in [2.75, 3.05) is 27.3 Å². The third-order valence-electron chi connectivity index (χ3n) is 5.44. The van der Waals surface area contributed by atoms with E-state index in [4.69, 9.17) is 9.47 Å². The molecule has 2 heterocycles. The number of ether oxygens (including phenoxy) is 2. The van der Waals surface area contributed by atoms with Crippen LogP contribution in [-0.2, 0) is 25.9 Å². The van der Waals surface area contributed by atoms with E-state index in [0.717, 1.165) is 55.2 Å². The zero-order chi connectivity index (χ0) is 21.6. The van der Waals surface area contributed by atoms with Crippen molar-refractivity contribution in [3.05, 3.63) is 75.2 Å². The molecule has 31 heavy (non-hydrogen) atoms. The summed E-state index contributed by atoms with van der Waals surface area (Å²) in [5, 5.41) is 3.53. The number of fused-ring (bicyclic) bond motifs is 1. The molecule has 7 heteroatoms. The van der Waals surface area contributed by atoms with Gasteiger partial charge in [0.1, 0.15) is 11.5 Å². The summed E-state index contributed by atoms with van der Waals surface area (Å²) < 4.78 is 10.5. The van der Waals surface area contributed by atoms with Gasteiger partial charge < -0.3 is 14.8 Å². The average Bonchev–Trinajstić information content (AvgIpc) is 3.14. The summed E-state index contributed by atoms with van der Waals surface area (Å²) >= 11 is 1.52. The minimum Gasteiger partial charge on any atom is -0.497 e. The van der Waals surface area contributed by atoms with Crippen molar-refractivity contribution >= 4 is 17.2 Å². The van der Waals surface area contributed by atoms with Crippen LogP contribution in [-0.4, -0.2) is 43.1 Å². The fourth-order valence-corrected chi connectivity index (χ4v) is 4.71. The molecular weight excluding hydrogens is 410 g/mol. The molecule has 2 aromatic carbocycles. The Labute approximate surface area is 186 Å². The van der Waals surface area contributed by atoms with Gasteiger partial charge in [-0.15, -0.1) is 11.3 Å². The number of nitrogens with one attached hydrogen (secondary N) is 1. The Morgan fingerprint density at radius 2 is 1.81 bits per heavy atom. The fourth-order valence-electron chi connectivity index (χ4n) is 3.70. The van der Waals surface area contributed by atoms with Gasteiger partial charge in [-0.2, -0.15) is 0 Å². The third-order valence-corrected chi connectivity index (χ3v) is 6.60. The molecule has 1 N–H and O–H groups in total. The van der Waals surface area contributed by atoms with Crippen LogP contribution in [0, 0.1) is 0 Å². The molecule has 1 aliphatic rings. The lowest BCUT2D eigenvalue weighted by Crippen LogP contribution is -2.26. The molecule has 0 bridgehead atoms. The van der Waals surface area contributed by atoms with E-state index in [1.54, 1.807) is 14.2 Å². The van der Waals surface area contributed by atoms with Gasteiger partial charge in [-0.1, -0.05) is 24.3 Å². The van der Waals surface area contributed by atoms with E-state index in [2.05, 4.69) is 27.3 Å². The van der Waals surface area contributed by atoms with E-state index >= 15 is 0 Å². The molecule has 6 nitrogen and oxygen atoms in total. The SMILES string of the molecule is COc1ccc(CNC(=O)c2nc3c(s2)CCN(Cc2cccc(OC)c2)CC3)cc1. The number of carbonyl (C=O) groups is 1. The number of nitrogens with zero attached hydrogens (tertiary/aromatic N) is 2. The summed E-state index contributed by atoms with van der Waals surface area (Å²) in [7, 11) is 3.33. The monoisotopic (exact) mass is 437 g/mol. The van der Waals surface area contributed by atoms with Gasteiger partial charge in [-0.25, -0.2) is 4.98 Å². The molecular formula is C24H27N3O3S. The minimum absolute atomic E-state index is 0.109. The van der Waals surface area contributed by atoms with Gasteiger partial charge in [-0.05, 0) is 41.8 Å². The van der Waals surface area contributed by atoms with E-state index < -0.39 is 0 Å². The molecule has 0 saturated heterocycles. The van der Waals surface area contributed by atoms with E-state index in [9.17, 15) is 4.79 Å². The Hall–Kier alpha value is -2.90. The quantitative estimate of drug-likeness (QED) is 0.611. The molecule has 0 spiro atoms. The minimum atomic E-state index is -0.109. The van der Waals surface area contributed by atoms with Gasteiger partial charge in [0.25, 0.3) is 5.91 Å². The Kier molecular flexibility index (Phi) is 6.84. The highest BCUT2D eigenvalue weighted by molar-refractivity contribution is 7.13. The van der Waals surface area contributed by atoms with Crippen LogP contribution in [0.4, 0.5) is 0 Å². The predicted molar refractivity (Wildman–Crippen MR) is 122 cm³/mol. The first-order valence-electron chi connectivity index (χ1n) is 10.4. The molecule has 0 saturated carbocycles. The van der Waals surface area contributed by atoms with Gasteiger partial charge in [0.2, 0.25) is 0 Å². The van der Waals surface area contributed by atoms with Crippen LogP contribution in [0.5, 0.6) is 11.5 Å². The Balaban J connectivity index is 1.32. The highest BCUT2D eigenvalue weighted by Gasteiger charge is 2.21. The second kappa shape index (κ2) is 9.94. The third kappa shape index (κ3) is 5.42. The molecule has 3 aromatic rings. The van der Waals surface area contributed by atoms with Crippen LogP contribution in [0.2, 0.25) is 0 Å². The maximum atomic E-state index is 12.6. The van der Waals surface area contributed by atoms with Crippen LogP contribution in [0.3, 0.4) is 0 Å². The highest BCUT2D eigenvalue weighted by atomic mass is 32.1. The van der Waals surface area contributed by atoms with Crippen molar-refractivity contribution in [3.8, 4) is 11.5 Å². The largest absolute Gasteiger partial charge is 0.497 e. The maximum absolute atomic E-state index is 12.6. The smallest absolute Gasteiger partial charge is 0.280 e. The Morgan fingerprint density at radius 3 is 2.58 bits per heavy atom. The molecule has 0 aliphatic carbocycles. The second-order valence-corrected chi connectivity index (χ2v) is 8.63. The van der Waals surface area contributed by atoms with Gasteiger partial charge in [0.15, 0.2) is 5.01 Å². The number of amides is 1. The number of rotatable bonds is 7. The number of hydrogen-bond acceptors (Lipinski definition) is 6. The lowest BCUT2D eigenvalue weighted by molar-refractivity contribution is 0.0950. The Morgan fingerprint density at radius 1 is 1.03 bits per heavy atom. The van der Waals surface area contributed by atoms with Gasteiger partial charge in [0, 0.05) is 37.5 Å². The lowest BCUT2D eigenvalue weighted by Gasteiger charge is -2.20. The molecule has 0 fully saturated rings. The van der Waals surface area contributed by atoms with Crippen molar-refractivity contribution < 1.29 is 14.3 Å². The lowest BCUT2D eigenvalue weighted by atomic mass is 10.2. The van der Waals surface area contributed by atoms with Crippen LogP contribution < -0.4 is 14.8 Å². The molecule has 0 atom stereocenters. The topological polar surface area (TPSA) is 63.7 Å². The first-order valence-corrected chi connectivity index (χ1v) is 11.2. The average molecular weight is 438 g/mol. The van der Waals surface area contributed by atoms with Crippen LogP contribution >= 0.6 is 11.3 Å². The molecule has 1 amide bonds. The molecule has 0 radical (unpaired) electrons. The molecule has 162 valence electrons. The normalized spacial score (nSPS) is 13.9. The summed E-state index contributed by atoms with van der Waals surface area (Å²) in [6.45, 7) is 3.25. The summed E-state index contributed by atoms with van der Waals surface area (Å²) in [6.07, 6.45) is 1.78. The standard InChI is InChI=1S/C24H27N3O3S/c1-29-19-8-6-17(7-9-19)15-25-23(28)24-26-21-10-12-27(13-11-22(21)31-24)16-18-4-3-5-20(14-18)30-2/h3-9,14H,10-13,15-16H2,1-2H3,(H,25,28). The number of aromatic nitrogens is 1. The van der Waals surface area contributed by atoms with Crippen molar-refractivity contribution in [2.24, 2.45) is 0 Å². The van der Waals surface area contributed by atoms with Gasteiger partial charge in [0.05, 0.1) is 19.9 Å². The van der Waals surface area contributed by atoms with Crippen molar-refractivity contribution in [2.45, 2.75) is 25.9 Å². The maximum Gasteiger partial charge on any atom is 0.280 e. The zero-order valence-corrected chi connectivity index (χ0v) is 18.7. The molecule has 1 aromatic heterocycles. The second-order valence-electron chi connectivity index (χ2n) is 7.55. The first kappa shape index (κ1) is 21.3. The zero-order valence-electron chi connectivity index (χ0n) is 17.9. The predicted octanol–water partition coefficient (Wildman–Crippen LogP) is 3.69. The fraction of sp³-hybridized carbons (Fsp3) is 0.333. The van der Waals surface area contributed by atoms with E-state index in [-0.39, 0.29) is 5.91 Å².